The summed E-state index contributed by atoms with van der Waals surface area (Å²) in [6.07, 6.45) is 0. The highest BCUT2D eigenvalue weighted by Gasteiger charge is 2.15. The Morgan fingerprint density at radius 3 is 2.77 bits per heavy atom. The first-order valence-corrected chi connectivity index (χ1v) is 8.39. The molecule has 3 aromatic rings. The van der Waals surface area contributed by atoms with Crippen LogP contribution in [0.4, 0.5) is 0 Å². The van der Waals surface area contributed by atoms with Crippen LogP contribution in [0.15, 0.2) is 53.1 Å². The monoisotopic (exact) mass is 352 g/mol. The zero-order valence-corrected chi connectivity index (χ0v) is 14.8. The zero-order chi connectivity index (χ0) is 17.9. The molecule has 26 heavy (non-hydrogen) atoms. The summed E-state index contributed by atoms with van der Waals surface area (Å²) < 4.78 is 21.7. The van der Waals surface area contributed by atoms with E-state index in [4.69, 9.17) is 18.7 Å². The molecule has 134 valence electrons. The van der Waals surface area contributed by atoms with Crippen LogP contribution in [0, 0.1) is 0 Å². The lowest BCUT2D eigenvalue weighted by molar-refractivity contribution is 0.174. The van der Waals surface area contributed by atoms with Crippen molar-refractivity contribution < 1.29 is 18.7 Å². The molecule has 0 bridgehead atoms. The molecule has 2 heterocycles. The third kappa shape index (κ3) is 3.36. The molecule has 1 aliphatic rings. The first kappa shape index (κ1) is 16.5. The van der Waals surface area contributed by atoms with E-state index >= 15 is 0 Å². The molecule has 0 aliphatic carbocycles. The summed E-state index contributed by atoms with van der Waals surface area (Å²) in [7, 11) is 3.69. The molecule has 0 radical (unpaired) electrons. The lowest BCUT2D eigenvalue weighted by atomic mass is 10.1. The van der Waals surface area contributed by atoms with Gasteiger partial charge in [-0.2, -0.15) is 0 Å². The molecule has 2 aromatic carbocycles. The van der Waals surface area contributed by atoms with Crippen molar-refractivity contribution in [3.05, 3.63) is 59.9 Å². The van der Waals surface area contributed by atoms with Crippen LogP contribution in [0.3, 0.4) is 0 Å². The number of hydrogen-bond donors (Lipinski definition) is 0. The Kier molecular flexibility index (Phi) is 4.50. The summed E-state index contributed by atoms with van der Waals surface area (Å²) in [6.45, 7) is 1.70. The number of rotatable bonds is 6. The maximum atomic E-state index is 5.51. The molecule has 0 unspecified atom stereocenters. The van der Waals surface area contributed by atoms with Crippen LogP contribution in [-0.2, 0) is 13.1 Å². The van der Waals surface area contributed by atoms with Crippen molar-refractivity contribution >= 4 is 0 Å². The van der Waals surface area contributed by atoms with Gasteiger partial charge in [-0.1, -0.05) is 23.4 Å². The fraction of sp³-hybridized carbons (Fsp3) is 0.250. The molecular weight excluding hydrogens is 332 g/mol. The summed E-state index contributed by atoms with van der Waals surface area (Å²) in [5.74, 6) is 3.18. The van der Waals surface area contributed by atoms with Crippen molar-refractivity contribution in [2.75, 3.05) is 21.0 Å². The first-order valence-electron chi connectivity index (χ1n) is 8.39. The highest BCUT2D eigenvalue weighted by Crippen LogP contribution is 2.33. The van der Waals surface area contributed by atoms with Crippen molar-refractivity contribution in [2.24, 2.45) is 0 Å². The minimum absolute atomic E-state index is 0.290. The van der Waals surface area contributed by atoms with Crippen molar-refractivity contribution in [1.82, 2.24) is 10.1 Å². The number of nitrogens with zero attached hydrogens (tertiary/aromatic N) is 2. The number of methoxy groups -OCH3 is 1. The van der Waals surface area contributed by atoms with E-state index in [1.807, 2.05) is 55.6 Å². The van der Waals surface area contributed by atoms with Gasteiger partial charge in [-0.15, -0.1) is 0 Å². The number of ether oxygens (including phenoxy) is 3. The molecule has 0 atom stereocenters. The fourth-order valence-corrected chi connectivity index (χ4v) is 3.04. The molecule has 6 heteroatoms. The molecule has 4 rings (SSSR count). The molecule has 0 saturated heterocycles. The number of fused-ring (bicyclic) bond motifs is 1. The molecular formula is C20H20N2O4. The van der Waals surface area contributed by atoms with Gasteiger partial charge in [-0.3, -0.25) is 4.90 Å². The Hall–Kier alpha value is -2.99. The summed E-state index contributed by atoms with van der Waals surface area (Å²) in [4.78, 5) is 2.16. The fourth-order valence-electron chi connectivity index (χ4n) is 3.04. The van der Waals surface area contributed by atoms with E-state index in [1.54, 1.807) is 7.11 Å². The van der Waals surface area contributed by atoms with Crippen LogP contribution in [0.2, 0.25) is 0 Å². The summed E-state index contributed by atoms with van der Waals surface area (Å²) in [5.41, 5.74) is 2.85. The van der Waals surface area contributed by atoms with Gasteiger partial charge in [0.15, 0.2) is 17.3 Å². The maximum Gasteiger partial charge on any atom is 0.231 e. The van der Waals surface area contributed by atoms with Gasteiger partial charge in [0.2, 0.25) is 6.79 Å². The van der Waals surface area contributed by atoms with Crippen LogP contribution in [0.25, 0.3) is 11.3 Å². The topological polar surface area (TPSA) is 57.0 Å². The molecule has 1 aliphatic heterocycles. The summed E-state index contributed by atoms with van der Waals surface area (Å²) in [5, 5.41) is 4.18. The predicted molar refractivity (Wildman–Crippen MR) is 96.2 cm³/mol. The van der Waals surface area contributed by atoms with E-state index in [-0.39, 0.29) is 0 Å². The number of benzene rings is 2. The smallest absolute Gasteiger partial charge is 0.231 e. The number of aromatic nitrogens is 1. The van der Waals surface area contributed by atoms with Gasteiger partial charge in [0, 0.05) is 18.2 Å². The Morgan fingerprint density at radius 1 is 1.04 bits per heavy atom. The van der Waals surface area contributed by atoms with Crippen molar-refractivity contribution in [3.63, 3.8) is 0 Å². The molecule has 0 saturated carbocycles. The largest absolute Gasteiger partial charge is 0.496 e. The summed E-state index contributed by atoms with van der Waals surface area (Å²) in [6, 6.07) is 15.7. The van der Waals surface area contributed by atoms with Gasteiger partial charge in [-0.25, -0.2) is 0 Å². The Bertz CT molecular complexity index is 906. The Balaban J connectivity index is 1.44. The summed E-state index contributed by atoms with van der Waals surface area (Å²) >= 11 is 0. The molecule has 0 amide bonds. The van der Waals surface area contributed by atoms with E-state index in [0.717, 1.165) is 46.4 Å². The molecule has 0 fully saturated rings. The lowest BCUT2D eigenvalue weighted by Gasteiger charge is -2.14. The van der Waals surface area contributed by atoms with Gasteiger partial charge in [0.05, 0.1) is 13.7 Å². The van der Waals surface area contributed by atoms with Crippen molar-refractivity contribution in [3.8, 4) is 28.5 Å². The van der Waals surface area contributed by atoms with Gasteiger partial charge in [0.25, 0.3) is 0 Å². The zero-order valence-electron chi connectivity index (χ0n) is 14.8. The number of hydrogen-bond acceptors (Lipinski definition) is 6. The van der Waals surface area contributed by atoms with Gasteiger partial charge in [-0.05, 0) is 36.9 Å². The number of para-hydroxylation sites is 1. The third-order valence-electron chi connectivity index (χ3n) is 4.26. The second kappa shape index (κ2) is 7.09. The van der Waals surface area contributed by atoms with Crippen LogP contribution < -0.4 is 14.2 Å². The van der Waals surface area contributed by atoms with E-state index < -0.39 is 0 Å². The minimum atomic E-state index is 0.290. The maximum absolute atomic E-state index is 5.51. The van der Waals surface area contributed by atoms with Gasteiger partial charge >= 0.3 is 0 Å². The Labute approximate surface area is 151 Å². The second-order valence-electron chi connectivity index (χ2n) is 6.24. The van der Waals surface area contributed by atoms with Crippen LogP contribution in [-0.4, -0.2) is 31.0 Å². The SMILES string of the molecule is COc1ccccc1-c1cc(CN(C)Cc2ccc3c(c2)OCO3)on1. The minimum Gasteiger partial charge on any atom is -0.496 e. The standard InChI is InChI=1S/C20H20N2O4/c1-22(11-14-7-8-19-20(9-14)25-13-24-19)12-15-10-17(21-26-15)16-5-3-4-6-18(16)23-2/h3-10H,11-13H2,1-2H3. The van der Waals surface area contributed by atoms with Crippen LogP contribution in [0.1, 0.15) is 11.3 Å². The van der Waals surface area contributed by atoms with Crippen LogP contribution in [0.5, 0.6) is 17.2 Å². The van der Waals surface area contributed by atoms with Crippen LogP contribution >= 0.6 is 0 Å². The van der Waals surface area contributed by atoms with Gasteiger partial charge in [0.1, 0.15) is 11.4 Å². The van der Waals surface area contributed by atoms with E-state index in [0.29, 0.717) is 13.3 Å². The first-order chi connectivity index (χ1) is 12.7. The van der Waals surface area contributed by atoms with E-state index in [2.05, 4.69) is 10.1 Å². The molecule has 0 spiro atoms. The van der Waals surface area contributed by atoms with Gasteiger partial charge < -0.3 is 18.7 Å². The highest BCUT2D eigenvalue weighted by atomic mass is 16.7. The van der Waals surface area contributed by atoms with Crippen molar-refractivity contribution in [1.29, 1.82) is 0 Å². The normalized spacial score (nSPS) is 12.6. The second-order valence-corrected chi connectivity index (χ2v) is 6.24. The lowest BCUT2D eigenvalue weighted by Crippen LogP contribution is -2.16. The predicted octanol–water partition coefficient (Wildman–Crippen LogP) is 3.71. The van der Waals surface area contributed by atoms with E-state index in [9.17, 15) is 0 Å². The van der Waals surface area contributed by atoms with Crippen molar-refractivity contribution in [2.45, 2.75) is 13.1 Å². The quantitative estimate of drug-likeness (QED) is 0.674. The molecule has 0 N–H and O–H groups in total. The Morgan fingerprint density at radius 2 is 1.88 bits per heavy atom. The van der Waals surface area contributed by atoms with E-state index in [1.165, 1.54) is 0 Å². The average molecular weight is 352 g/mol. The molecule has 6 nitrogen and oxygen atoms in total. The highest BCUT2D eigenvalue weighted by molar-refractivity contribution is 5.66. The average Bonchev–Trinajstić information content (AvgIpc) is 3.30. The third-order valence-corrected chi connectivity index (χ3v) is 4.26. The molecule has 1 aromatic heterocycles.